The largest absolute Gasteiger partial charge is 0.478 e. The van der Waals surface area contributed by atoms with Gasteiger partial charge in [-0.3, -0.25) is 5.73 Å². The second-order valence-electron chi connectivity index (χ2n) is 2.75. The Morgan fingerprint density at radius 2 is 2.18 bits per heavy atom. The fourth-order valence-corrected chi connectivity index (χ4v) is 0.555. The Kier molecular flexibility index (Phi) is 3.44. The molecule has 0 aliphatic carbocycles. The molecule has 0 aliphatic rings. The van der Waals surface area contributed by atoms with Gasteiger partial charge in [-0.1, -0.05) is 0 Å². The van der Waals surface area contributed by atoms with Crippen molar-refractivity contribution in [1.82, 2.24) is 0 Å². The Morgan fingerprint density at radius 1 is 1.73 bits per heavy atom. The van der Waals surface area contributed by atoms with Crippen LogP contribution in [-0.4, -0.2) is 27.9 Å². The minimum Gasteiger partial charge on any atom is -0.478 e. The van der Waals surface area contributed by atoms with Crippen molar-refractivity contribution in [1.29, 1.82) is 0 Å². The Bertz CT molecular complexity index is 145. The van der Waals surface area contributed by atoms with Gasteiger partial charge in [0.2, 0.25) is 5.72 Å². The van der Waals surface area contributed by atoms with Crippen LogP contribution in [0.3, 0.4) is 0 Å². The van der Waals surface area contributed by atoms with Gasteiger partial charge < -0.3 is 15.9 Å². The number of carboxylic acids is 1. The highest BCUT2D eigenvalue weighted by Gasteiger charge is 2.30. The van der Waals surface area contributed by atoms with Gasteiger partial charge in [0.05, 0.1) is 0 Å². The SMILES string of the molecule is CC(N)CCC(N)(O)C(=O)O. The number of carboxylic acid groups (broad SMARTS) is 1. The van der Waals surface area contributed by atoms with E-state index in [9.17, 15) is 4.79 Å². The summed E-state index contributed by atoms with van der Waals surface area (Å²) in [5.41, 5.74) is 8.22. The fourth-order valence-electron chi connectivity index (χ4n) is 0.555. The van der Waals surface area contributed by atoms with Gasteiger partial charge in [-0.2, -0.15) is 0 Å². The van der Waals surface area contributed by atoms with Crippen LogP contribution in [0.5, 0.6) is 0 Å². The van der Waals surface area contributed by atoms with Gasteiger partial charge in [0.15, 0.2) is 0 Å². The summed E-state index contributed by atoms with van der Waals surface area (Å²) >= 11 is 0. The quantitative estimate of drug-likeness (QED) is 0.390. The molecule has 11 heavy (non-hydrogen) atoms. The number of aliphatic hydroxyl groups is 1. The molecule has 0 fully saturated rings. The summed E-state index contributed by atoms with van der Waals surface area (Å²) in [6, 6.07) is -0.149. The number of carbonyl (C=O) groups is 1. The highest BCUT2D eigenvalue weighted by molar-refractivity contribution is 5.76. The Balaban J connectivity index is 3.83. The molecule has 0 bridgehead atoms. The average molecular weight is 162 g/mol. The zero-order valence-corrected chi connectivity index (χ0v) is 6.45. The molecule has 0 spiro atoms. The van der Waals surface area contributed by atoms with Crippen molar-refractivity contribution >= 4 is 5.97 Å². The van der Waals surface area contributed by atoms with Crippen LogP contribution in [0.15, 0.2) is 0 Å². The number of rotatable bonds is 4. The molecule has 0 heterocycles. The van der Waals surface area contributed by atoms with E-state index in [0.29, 0.717) is 6.42 Å². The molecule has 2 atom stereocenters. The second-order valence-corrected chi connectivity index (χ2v) is 2.75. The summed E-state index contributed by atoms with van der Waals surface area (Å²) in [6.07, 6.45) is 0.360. The maximum Gasteiger partial charge on any atom is 0.350 e. The molecule has 5 nitrogen and oxygen atoms in total. The molecule has 6 N–H and O–H groups in total. The lowest BCUT2D eigenvalue weighted by Crippen LogP contribution is -2.48. The highest BCUT2D eigenvalue weighted by Crippen LogP contribution is 2.06. The molecule has 5 heteroatoms. The molecule has 2 unspecified atom stereocenters. The van der Waals surface area contributed by atoms with Crippen molar-refractivity contribution in [3.8, 4) is 0 Å². The van der Waals surface area contributed by atoms with Gasteiger partial charge in [0.1, 0.15) is 0 Å². The molecule has 0 rings (SSSR count). The van der Waals surface area contributed by atoms with Gasteiger partial charge in [0.25, 0.3) is 0 Å². The van der Waals surface area contributed by atoms with Crippen LogP contribution in [0.4, 0.5) is 0 Å². The van der Waals surface area contributed by atoms with Crippen molar-refractivity contribution in [2.75, 3.05) is 0 Å². The first kappa shape index (κ1) is 10.3. The van der Waals surface area contributed by atoms with Crippen LogP contribution in [-0.2, 0) is 4.79 Å². The number of aliphatic carboxylic acids is 1. The smallest absolute Gasteiger partial charge is 0.350 e. The maximum absolute atomic E-state index is 10.2. The molecule has 0 saturated carbocycles. The molecule has 0 aromatic carbocycles. The van der Waals surface area contributed by atoms with E-state index in [4.69, 9.17) is 21.7 Å². The van der Waals surface area contributed by atoms with Crippen LogP contribution in [0.2, 0.25) is 0 Å². The molecule has 0 aromatic heterocycles. The summed E-state index contributed by atoms with van der Waals surface area (Å²) in [5, 5.41) is 17.3. The minimum absolute atomic E-state index is 0.0278. The number of nitrogens with two attached hydrogens (primary N) is 2. The lowest BCUT2D eigenvalue weighted by Gasteiger charge is -2.18. The van der Waals surface area contributed by atoms with Crippen molar-refractivity contribution in [3.63, 3.8) is 0 Å². The first-order chi connectivity index (χ1) is 4.86. The predicted molar refractivity (Wildman–Crippen MR) is 39.7 cm³/mol. The Morgan fingerprint density at radius 3 is 2.45 bits per heavy atom. The van der Waals surface area contributed by atoms with Gasteiger partial charge in [0, 0.05) is 12.5 Å². The minimum atomic E-state index is -2.13. The van der Waals surface area contributed by atoms with Crippen LogP contribution >= 0.6 is 0 Å². The lowest BCUT2D eigenvalue weighted by molar-refractivity contribution is -0.158. The van der Waals surface area contributed by atoms with Gasteiger partial charge >= 0.3 is 5.97 Å². The van der Waals surface area contributed by atoms with Gasteiger partial charge in [-0.05, 0) is 13.3 Å². The van der Waals surface area contributed by atoms with E-state index < -0.39 is 11.7 Å². The Hall–Kier alpha value is -0.650. The average Bonchev–Trinajstić information content (AvgIpc) is 1.84. The van der Waals surface area contributed by atoms with Crippen molar-refractivity contribution in [2.45, 2.75) is 31.5 Å². The molecular formula is C6H14N2O3. The standard InChI is InChI=1S/C6H14N2O3/c1-4(7)2-3-6(8,11)5(9)10/h4,11H,2-3,7-8H2,1H3,(H,9,10). The Labute approximate surface area is 65.0 Å². The molecule has 66 valence electrons. The zero-order valence-electron chi connectivity index (χ0n) is 6.45. The predicted octanol–water partition coefficient (Wildman–Crippen LogP) is -1.15. The third-order valence-electron chi connectivity index (χ3n) is 1.35. The third kappa shape index (κ3) is 3.92. The molecule has 0 aliphatic heterocycles. The molecule has 0 radical (unpaired) electrons. The van der Waals surface area contributed by atoms with E-state index in [2.05, 4.69) is 0 Å². The maximum atomic E-state index is 10.2. The highest BCUT2D eigenvalue weighted by atomic mass is 16.4. The number of hydrogen-bond acceptors (Lipinski definition) is 4. The van der Waals surface area contributed by atoms with Crippen LogP contribution in [0.1, 0.15) is 19.8 Å². The summed E-state index contributed by atoms with van der Waals surface area (Å²) < 4.78 is 0. The van der Waals surface area contributed by atoms with Crippen LogP contribution in [0, 0.1) is 0 Å². The van der Waals surface area contributed by atoms with Crippen LogP contribution in [0.25, 0.3) is 0 Å². The van der Waals surface area contributed by atoms with E-state index in [1.807, 2.05) is 0 Å². The van der Waals surface area contributed by atoms with Gasteiger partial charge in [-0.15, -0.1) is 0 Å². The first-order valence-corrected chi connectivity index (χ1v) is 3.36. The van der Waals surface area contributed by atoms with E-state index in [-0.39, 0.29) is 12.5 Å². The van der Waals surface area contributed by atoms with Gasteiger partial charge in [-0.25, -0.2) is 4.79 Å². The molecular weight excluding hydrogens is 148 g/mol. The van der Waals surface area contributed by atoms with Crippen molar-refractivity contribution < 1.29 is 15.0 Å². The first-order valence-electron chi connectivity index (χ1n) is 3.36. The molecule has 0 saturated heterocycles. The third-order valence-corrected chi connectivity index (χ3v) is 1.35. The lowest BCUT2D eigenvalue weighted by atomic mass is 10.1. The molecule has 0 aromatic rings. The van der Waals surface area contributed by atoms with E-state index in [1.165, 1.54) is 0 Å². The second kappa shape index (κ2) is 3.66. The summed E-state index contributed by atoms with van der Waals surface area (Å²) in [5.74, 6) is -1.42. The molecule has 0 amide bonds. The monoisotopic (exact) mass is 162 g/mol. The zero-order chi connectivity index (χ0) is 9.07. The van der Waals surface area contributed by atoms with E-state index >= 15 is 0 Å². The van der Waals surface area contributed by atoms with Crippen LogP contribution < -0.4 is 11.5 Å². The van der Waals surface area contributed by atoms with Crippen molar-refractivity contribution in [2.24, 2.45) is 11.5 Å². The van der Waals surface area contributed by atoms with E-state index in [1.54, 1.807) is 6.92 Å². The summed E-state index contributed by atoms with van der Waals surface area (Å²) in [6.45, 7) is 1.72. The summed E-state index contributed by atoms with van der Waals surface area (Å²) in [4.78, 5) is 10.2. The normalized spacial score (nSPS) is 18.9. The van der Waals surface area contributed by atoms with Crippen molar-refractivity contribution in [3.05, 3.63) is 0 Å². The topological polar surface area (TPSA) is 110 Å². The van der Waals surface area contributed by atoms with E-state index in [0.717, 1.165) is 0 Å². The summed E-state index contributed by atoms with van der Waals surface area (Å²) in [7, 11) is 0. The number of hydrogen-bond donors (Lipinski definition) is 4. The fraction of sp³-hybridized carbons (Fsp3) is 0.833.